The molecule has 2 nitrogen and oxygen atoms in total. The van der Waals surface area contributed by atoms with Crippen molar-refractivity contribution in [2.24, 2.45) is 5.73 Å². The molecule has 0 aliphatic carbocycles. The molecule has 0 bridgehead atoms. The van der Waals surface area contributed by atoms with Crippen molar-refractivity contribution >= 4 is 0 Å². The van der Waals surface area contributed by atoms with Gasteiger partial charge in [0.15, 0.2) is 0 Å². The summed E-state index contributed by atoms with van der Waals surface area (Å²) in [6, 6.07) is -0.145. The lowest BCUT2D eigenvalue weighted by Crippen LogP contribution is -2.30. The van der Waals surface area contributed by atoms with Crippen molar-refractivity contribution in [1.82, 2.24) is 0 Å². The zero-order chi connectivity index (χ0) is 6.57. The molecule has 0 rings (SSSR count). The quantitative estimate of drug-likeness (QED) is 0.519. The highest BCUT2D eigenvalue weighted by atomic mass is 16.3. The number of hydrogen-bond donors (Lipinski definition) is 2. The van der Waals surface area contributed by atoms with Crippen LogP contribution in [0.25, 0.3) is 0 Å². The van der Waals surface area contributed by atoms with Crippen LogP contribution in [0.15, 0.2) is 12.7 Å². The molecule has 0 aromatic carbocycles. The van der Waals surface area contributed by atoms with E-state index in [0.29, 0.717) is 6.42 Å². The maximum Gasteiger partial charge on any atom is 0.0722 e. The summed E-state index contributed by atoms with van der Waals surface area (Å²) in [5.41, 5.74) is 5.32. The van der Waals surface area contributed by atoms with Crippen LogP contribution in [0, 0.1) is 0 Å². The minimum absolute atomic E-state index is 0.145. The van der Waals surface area contributed by atoms with Crippen LogP contribution < -0.4 is 5.73 Å². The summed E-state index contributed by atoms with van der Waals surface area (Å²) < 4.78 is 0. The fourth-order valence-electron chi connectivity index (χ4n) is 0.385. The van der Waals surface area contributed by atoms with Crippen molar-refractivity contribution in [2.75, 3.05) is 0 Å². The van der Waals surface area contributed by atoms with Crippen molar-refractivity contribution in [3.8, 4) is 0 Å². The first-order chi connectivity index (χ1) is 3.68. The Hall–Kier alpha value is -0.340. The third kappa shape index (κ3) is 2.77. The minimum Gasteiger partial charge on any atom is -0.391 e. The van der Waals surface area contributed by atoms with E-state index in [1.165, 1.54) is 0 Å². The summed E-state index contributed by atoms with van der Waals surface area (Å²) in [5.74, 6) is 0. The summed E-state index contributed by atoms with van der Waals surface area (Å²) in [4.78, 5) is 0. The van der Waals surface area contributed by atoms with Gasteiger partial charge < -0.3 is 10.8 Å². The lowest BCUT2D eigenvalue weighted by Gasteiger charge is -2.10. The topological polar surface area (TPSA) is 46.2 Å². The van der Waals surface area contributed by atoms with E-state index in [-0.39, 0.29) is 6.04 Å². The minimum atomic E-state index is -0.424. The Labute approximate surface area is 50.0 Å². The average molecular weight is 115 g/mol. The molecule has 2 heteroatoms. The van der Waals surface area contributed by atoms with Crippen LogP contribution >= 0.6 is 0 Å². The third-order valence-corrected chi connectivity index (χ3v) is 1.02. The standard InChI is InChI=1S/C6H13NO/c1-3-4-6(8)5(2)7/h3,5-6,8H,1,4,7H2,2H3/t5-,6-/m1/s1. The van der Waals surface area contributed by atoms with Gasteiger partial charge in [-0.05, 0) is 13.3 Å². The second-order valence-electron chi connectivity index (χ2n) is 1.95. The predicted molar refractivity (Wildman–Crippen MR) is 34.5 cm³/mol. The van der Waals surface area contributed by atoms with Gasteiger partial charge >= 0.3 is 0 Å². The van der Waals surface area contributed by atoms with Crippen molar-refractivity contribution in [2.45, 2.75) is 25.5 Å². The second-order valence-corrected chi connectivity index (χ2v) is 1.95. The molecule has 0 amide bonds. The number of aliphatic hydroxyl groups is 1. The molecule has 0 aliphatic heterocycles. The zero-order valence-electron chi connectivity index (χ0n) is 5.17. The first-order valence-electron chi connectivity index (χ1n) is 2.73. The normalized spacial score (nSPS) is 17.4. The monoisotopic (exact) mass is 115 g/mol. The van der Waals surface area contributed by atoms with Gasteiger partial charge in [-0.15, -0.1) is 6.58 Å². The highest BCUT2D eigenvalue weighted by molar-refractivity contribution is 4.76. The van der Waals surface area contributed by atoms with Gasteiger partial charge in [-0.1, -0.05) is 6.08 Å². The highest BCUT2D eigenvalue weighted by Crippen LogP contribution is 1.94. The molecule has 0 heterocycles. The van der Waals surface area contributed by atoms with Crippen molar-refractivity contribution in [1.29, 1.82) is 0 Å². The fourth-order valence-corrected chi connectivity index (χ4v) is 0.385. The maximum absolute atomic E-state index is 8.93. The SMILES string of the molecule is C=CC[C@@H](O)[C@@H](C)N. The summed E-state index contributed by atoms with van der Waals surface area (Å²) >= 11 is 0. The molecule has 0 unspecified atom stereocenters. The van der Waals surface area contributed by atoms with Crippen LogP contribution in [0.5, 0.6) is 0 Å². The molecule has 2 atom stereocenters. The zero-order valence-corrected chi connectivity index (χ0v) is 5.17. The molecular weight excluding hydrogens is 102 g/mol. The van der Waals surface area contributed by atoms with Gasteiger partial charge in [0.25, 0.3) is 0 Å². The Morgan fingerprint density at radius 1 is 1.88 bits per heavy atom. The van der Waals surface area contributed by atoms with Gasteiger partial charge in [-0.25, -0.2) is 0 Å². The van der Waals surface area contributed by atoms with Crippen LogP contribution in [0.2, 0.25) is 0 Å². The average Bonchev–Trinajstić information content (AvgIpc) is 1.67. The van der Waals surface area contributed by atoms with Crippen molar-refractivity contribution in [3.63, 3.8) is 0 Å². The second kappa shape index (κ2) is 3.64. The number of hydrogen-bond acceptors (Lipinski definition) is 2. The Balaban J connectivity index is 3.30. The van der Waals surface area contributed by atoms with E-state index in [0.717, 1.165) is 0 Å². The van der Waals surface area contributed by atoms with Gasteiger partial charge in [0.2, 0.25) is 0 Å². The van der Waals surface area contributed by atoms with Crippen LogP contribution in [-0.4, -0.2) is 17.3 Å². The fraction of sp³-hybridized carbons (Fsp3) is 0.667. The highest BCUT2D eigenvalue weighted by Gasteiger charge is 2.04. The Morgan fingerprint density at radius 2 is 2.38 bits per heavy atom. The van der Waals surface area contributed by atoms with Crippen molar-refractivity contribution < 1.29 is 5.11 Å². The Bertz CT molecular complexity index is 70.9. The van der Waals surface area contributed by atoms with Gasteiger partial charge in [0.05, 0.1) is 6.10 Å². The van der Waals surface area contributed by atoms with E-state index in [2.05, 4.69) is 6.58 Å². The predicted octanol–water partition coefficient (Wildman–Crippen LogP) is 0.271. The van der Waals surface area contributed by atoms with Crippen LogP contribution in [0.3, 0.4) is 0 Å². The Kier molecular flexibility index (Phi) is 3.48. The Morgan fingerprint density at radius 3 is 2.50 bits per heavy atom. The summed E-state index contributed by atoms with van der Waals surface area (Å²) in [6.45, 7) is 5.24. The van der Waals surface area contributed by atoms with E-state index in [9.17, 15) is 0 Å². The molecular formula is C6H13NO. The molecule has 0 aliphatic rings. The lowest BCUT2D eigenvalue weighted by molar-refractivity contribution is 0.154. The van der Waals surface area contributed by atoms with Gasteiger partial charge in [0, 0.05) is 6.04 Å². The number of nitrogens with two attached hydrogens (primary N) is 1. The molecule has 0 aromatic rings. The maximum atomic E-state index is 8.93. The van der Waals surface area contributed by atoms with Crippen LogP contribution in [-0.2, 0) is 0 Å². The van der Waals surface area contributed by atoms with Crippen LogP contribution in [0.4, 0.5) is 0 Å². The number of aliphatic hydroxyl groups excluding tert-OH is 1. The smallest absolute Gasteiger partial charge is 0.0722 e. The summed E-state index contributed by atoms with van der Waals surface area (Å²) in [7, 11) is 0. The molecule has 0 radical (unpaired) electrons. The molecule has 3 N–H and O–H groups in total. The first kappa shape index (κ1) is 7.66. The van der Waals surface area contributed by atoms with Crippen LogP contribution in [0.1, 0.15) is 13.3 Å². The molecule has 48 valence electrons. The van der Waals surface area contributed by atoms with Crippen molar-refractivity contribution in [3.05, 3.63) is 12.7 Å². The first-order valence-corrected chi connectivity index (χ1v) is 2.73. The van der Waals surface area contributed by atoms with Gasteiger partial charge in [0.1, 0.15) is 0 Å². The molecule has 0 aromatic heterocycles. The lowest BCUT2D eigenvalue weighted by atomic mass is 10.1. The number of rotatable bonds is 3. The molecule has 0 spiro atoms. The van der Waals surface area contributed by atoms with E-state index in [1.807, 2.05) is 0 Å². The molecule has 0 fully saturated rings. The van der Waals surface area contributed by atoms with Gasteiger partial charge in [-0.2, -0.15) is 0 Å². The summed E-state index contributed by atoms with van der Waals surface area (Å²) in [5, 5.41) is 8.93. The molecule has 0 saturated carbocycles. The molecule has 0 saturated heterocycles. The van der Waals surface area contributed by atoms with E-state index in [4.69, 9.17) is 10.8 Å². The van der Waals surface area contributed by atoms with E-state index >= 15 is 0 Å². The third-order valence-electron chi connectivity index (χ3n) is 1.02. The van der Waals surface area contributed by atoms with E-state index in [1.54, 1.807) is 13.0 Å². The van der Waals surface area contributed by atoms with Gasteiger partial charge in [-0.3, -0.25) is 0 Å². The summed E-state index contributed by atoms with van der Waals surface area (Å²) in [6.07, 6.45) is 1.82. The largest absolute Gasteiger partial charge is 0.391 e. The molecule has 8 heavy (non-hydrogen) atoms. The van der Waals surface area contributed by atoms with E-state index < -0.39 is 6.10 Å².